The Labute approximate surface area is 132 Å². The van der Waals surface area contributed by atoms with Crippen molar-refractivity contribution < 1.29 is 4.74 Å². The number of ether oxygens (including phenoxy) is 1. The van der Waals surface area contributed by atoms with E-state index < -0.39 is 0 Å². The van der Waals surface area contributed by atoms with Crippen LogP contribution in [0.3, 0.4) is 0 Å². The third-order valence-corrected chi connectivity index (χ3v) is 4.87. The number of hydrogen-bond acceptors (Lipinski definition) is 5. The lowest BCUT2D eigenvalue weighted by Crippen LogP contribution is -2.26. The first-order chi connectivity index (χ1) is 10.2. The van der Waals surface area contributed by atoms with Crippen LogP contribution < -0.4 is 10.2 Å². The van der Waals surface area contributed by atoms with E-state index in [1.54, 1.807) is 7.11 Å². The molecule has 1 aliphatic carbocycles. The number of aromatic nitrogens is 1. The van der Waals surface area contributed by atoms with Gasteiger partial charge in [-0.1, -0.05) is 13.8 Å². The quantitative estimate of drug-likeness (QED) is 0.720. The van der Waals surface area contributed by atoms with E-state index in [0.717, 1.165) is 37.9 Å². The van der Waals surface area contributed by atoms with Crippen molar-refractivity contribution in [3.63, 3.8) is 0 Å². The minimum atomic E-state index is 0.690. The van der Waals surface area contributed by atoms with Crippen LogP contribution in [-0.4, -0.2) is 38.3 Å². The summed E-state index contributed by atoms with van der Waals surface area (Å²) in [5, 5.41) is 4.73. The molecule has 1 aliphatic rings. The molecule has 120 valence electrons. The summed E-state index contributed by atoms with van der Waals surface area (Å²) in [5.74, 6) is 1.41. The lowest BCUT2D eigenvalue weighted by Gasteiger charge is -2.18. The molecule has 1 fully saturated rings. The number of nitrogens with one attached hydrogen (secondary N) is 1. The van der Waals surface area contributed by atoms with Crippen molar-refractivity contribution in [2.45, 2.75) is 46.1 Å². The standard InChI is InChI=1S/C16H29N3OS/c1-5-19(8-9-20-4)16-18-15(13-6-7-13)14(21-16)11-17-10-12(2)3/h12-13,17H,5-11H2,1-4H3. The summed E-state index contributed by atoms with van der Waals surface area (Å²) in [7, 11) is 1.76. The fraction of sp³-hybridized carbons (Fsp3) is 0.812. The van der Waals surface area contributed by atoms with E-state index in [9.17, 15) is 0 Å². The van der Waals surface area contributed by atoms with E-state index in [1.807, 2.05) is 11.3 Å². The third kappa shape index (κ3) is 4.94. The predicted octanol–water partition coefficient (Wildman–Crippen LogP) is 3.24. The molecule has 1 saturated carbocycles. The molecule has 1 N–H and O–H groups in total. The molecule has 0 saturated heterocycles. The van der Waals surface area contributed by atoms with Gasteiger partial charge < -0.3 is 15.0 Å². The average Bonchev–Trinajstić information content (AvgIpc) is 3.21. The Hall–Kier alpha value is -0.650. The molecule has 4 nitrogen and oxygen atoms in total. The summed E-state index contributed by atoms with van der Waals surface area (Å²) in [6, 6.07) is 0. The number of rotatable bonds is 10. The zero-order valence-electron chi connectivity index (χ0n) is 13.8. The van der Waals surface area contributed by atoms with Crippen molar-refractivity contribution in [2.75, 3.05) is 38.3 Å². The number of methoxy groups -OCH3 is 1. The van der Waals surface area contributed by atoms with Gasteiger partial charge in [-0.05, 0) is 32.2 Å². The van der Waals surface area contributed by atoms with Crippen molar-refractivity contribution in [1.82, 2.24) is 10.3 Å². The van der Waals surface area contributed by atoms with Crippen molar-refractivity contribution >= 4 is 16.5 Å². The molecule has 0 unspecified atom stereocenters. The van der Waals surface area contributed by atoms with E-state index >= 15 is 0 Å². The van der Waals surface area contributed by atoms with Gasteiger partial charge in [-0.3, -0.25) is 0 Å². The molecule has 0 spiro atoms. The van der Waals surface area contributed by atoms with Gasteiger partial charge in [-0.2, -0.15) is 0 Å². The largest absolute Gasteiger partial charge is 0.383 e. The molecule has 5 heteroatoms. The molecular weight excluding hydrogens is 282 g/mol. The van der Waals surface area contributed by atoms with Crippen LogP contribution in [0.2, 0.25) is 0 Å². The fourth-order valence-electron chi connectivity index (χ4n) is 2.35. The van der Waals surface area contributed by atoms with Crippen molar-refractivity contribution in [1.29, 1.82) is 0 Å². The third-order valence-electron chi connectivity index (χ3n) is 3.74. The second-order valence-corrected chi connectivity index (χ2v) is 7.24. The van der Waals surface area contributed by atoms with Crippen molar-refractivity contribution in [3.8, 4) is 0 Å². The Morgan fingerprint density at radius 2 is 2.19 bits per heavy atom. The van der Waals surface area contributed by atoms with E-state index in [-0.39, 0.29) is 0 Å². The first-order valence-corrected chi connectivity index (χ1v) is 8.91. The van der Waals surface area contributed by atoms with Crippen LogP contribution in [0.4, 0.5) is 5.13 Å². The maximum Gasteiger partial charge on any atom is 0.185 e. The highest BCUT2D eigenvalue weighted by Gasteiger charge is 2.30. The Kier molecular flexibility index (Phi) is 6.45. The highest BCUT2D eigenvalue weighted by molar-refractivity contribution is 7.15. The minimum Gasteiger partial charge on any atom is -0.383 e. The van der Waals surface area contributed by atoms with E-state index in [1.165, 1.54) is 23.4 Å². The smallest absolute Gasteiger partial charge is 0.185 e. The van der Waals surface area contributed by atoms with Crippen LogP contribution in [-0.2, 0) is 11.3 Å². The first kappa shape index (κ1) is 16.7. The number of anilines is 1. The van der Waals surface area contributed by atoms with E-state index in [2.05, 4.69) is 31.0 Å². The SMILES string of the molecule is CCN(CCOC)c1nc(C2CC2)c(CNCC(C)C)s1. The van der Waals surface area contributed by atoms with Crippen LogP contribution in [0.15, 0.2) is 0 Å². The van der Waals surface area contributed by atoms with Gasteiger partial charge in [0.25, 0.3) is 0 Å². The molecule has 0 bridgehead atoms. The van der Waals surface area contributed by atoms with Crippen molar-refractivity contribution in [2.24, 2.45) is 5.92 Å². The van der Waals surface area contributed by atoms with Gasteiger partial charge in [0.2, 0.25) is 0 Å². The zero-order chi connectivity index (χ0) is 15.2. The summed E-state index contributed by atoms with van der Waals surface area (Å²) in [6.07, 6.45) is 2.62. The second-order valence-electron chi connectivity index (χ2n) is 6.18. The summed E-state index contributed by atoms with van der Waals surface area (Å²) >= 11 is 1.86. The highest BCUT2D eigenvalue weighted by Crippen LogP contribution is 2.44. The molecule has 0 amide bonds. The first-order valence-electron chi connectivity index (χ1n) is 8.09. The highest BCUT2D eigenvalue weighted by atomic mass is 32.1. The van der Waals surface area contributed by atoms with Gasteiger partial charge in [0, 0.05) is 37.5 Å². The van der Waals surface area contributed by atoms with E-state index in [0.29, 0.717) is 11.8 Å². The molecule has 1 heterocycles. The molecule has 21 heavy (non-hydrogen) atoms. The number of hydrogen-bond donors (Lipinski definition) is 1. The maximum absolute atomic E-state index is 5.21. The van der Waals surface area contributed by atoms with Crippen LogP contribution in [0.5, 0.6) is 0 Å². The lowest BCUT2D eigenvalue weighted by molar-refractivity contribution is 0.205. The van der Waals surface area contributed by atoms with Crippen LogP contribution in [0.25, 0.3) is 0 Å². The van der Waals surface area contributed by atoms with Gasteiger partial charge in [0.05, 0.1) is 12.3 Å². The summed E-state index contributed by atoms with van der Waals surface area (Å²) in [5.41, 5.74) is 1.35. The second kappa shape index (κ2) is 8.11. The Balaban J connectivity index is 2.04. The molecular formula is C16H29N3OS. The minimum absolute atomic E-state index is 0.690. The topological polar surface area (TPSA) is 37.4 Å². The van der Waals surface area contributed by atoms with Gasteiger partial charge >= 0.3 is 0 Å². The molecule has 1 aromatic heterocycles. The summed E-state index contributed by atoms with van der Waals surface area (Å²) in [6.45, 7) is 11.4. The summed E-state index contributed by atoms with van der Waals surface area (Å²) in [4.78, 5) is 8.70. The average molecular weight is 311 g/mol. The summed E-state index contributed by atoms with van der Waals surface area (Å²) < 4.78 is 5.21. The fourth-order valence-corrected chi connectivity index (χ4v) is 3.56. The van der Waals surface area contributed by atoms with E-state index in [4.69, 9.17) is 9.72 Å². The van der Waals surface area contributed by atoms with Gasteiger partial charge in [0.15, 0.2) is 5.13 Å². The van der Waals surface area contributed by atoms with Crippen LogP contribution in [0, 0.1) is 5.92 Å². The van der Waals surface area contributed by atoms with Gasteiger partial charge in [0.1, 0.15) is 0 Å². The molecule has 2 rings (SSSR count). The molecule has 0 aliphatic heterocycles. The lowest BCUT2D eigenvalue weighted by atomic mass is 10.2. The Morgan fingerprint density at radius 3 is 2.76 bits per heavy atom. The molecule has 0 radical (unpaired) electrons. The Morgan fingerprint density at radius 1 is 1.43 bits per heavy atom. The number of likely N-dealkylation sites (N-methyl/N-ethyl adjacent to an activating group) is 1. The molecule has 0 aromatic carbocycles. The predicted molar refractivity (Wildman–Crippen MR) is 90.4 cm³/mol. The number of thiazole rings is 1. The van der Waals surface area contributed by atoms with Crippen molar-refractivity contribution in [3.05, 3.63) is 10.6 Å². The molecule has 0 atom stereocenters. The normalized spacial score (nSPS) is 14.9. The van der Waals surface area contributed by atoms with Gasteiger partial charge in [-0.15, -0.1) is 11.3 Å². The zero-order valence-corrected chi connectivity index (χ0v) is 14.6. The molecule has 1 aromatic rings. The van der Waals surface area contributed by atoms with Crippen LogP contribution in [0.1, 0.15) is 50.1 Å². The number of nitrogens with zero attached hydrogens (tertiary/aromatic N) is 2. The van der Waals surface area contributed by atoms with Gasteiger partial charge in [-0.25, -0.2) is 4.98 Å². The Bertz CT molecular complexity index is 429. The van der Waals surface area contributed by atoms with Crippen LogP contribution >= 0.6 is 11.3 Å². The monoisotopic (exact) mass is 311 g/mol. The maximum atomic E-state index is 5.21.